The van der Waals surface area contributed by atoms with Gasteiger partial charge >= 0.3 is 0 Å². The Morgan fingerprint density at radius 1 is 1.09 bits per heavy atom. The lowest BCUT2D eigenvalue weighted by Gasteiger charge is -2.15. The number of rotatable bonds is 3. The Labute approximate surface area is 125 Å². The van der Waals surface area contributed by atoms with E-state index in [1.54, 1.807) is 7.05 Å². The Bertz CT molecular complexity index is 809. The van der Waals surface area contributed by atoms with Gasteiger partial charge in [0.1, 0.15) is 11.3 Å². The maximum absolute atomic E-state index is 13.2. The summed E-state index contributed by atoms with van der Waals surface area (Å²) in [5.41, 5.74) is 0.837. The quantitative estimate of drug-likeness (QED) is 0.733. The first-order chi connectivity index (χ1) is 10.5. The number of para-hydroxylation sites is 1. The zero-order valence-electron chi connectivity index (χ0n) is 11.8. The number of amides is 1. The van der Waals surface area contributed by atoms with E-state index in [1.165, 1.54) is 11.0 Å². The van der Waals surface area contributed by atoms with Crippen molar-refractivity contribution in [1.29, 1.82) is 0 Å². The van der Waals surface area contributed by atoms with Gasteiger partial charge in [0.25, 0.3) is 5.91 Å². The molecule has 0 saturated carbocycles. The summed E-state index contributed by atoms with van der Waals surface area (Å²) in [5, 5.41) is 0.950. The van der Waals surface area contributed by atoms with Gasteiger partial charge in [0.2, 0.25) is 0 Å². The Hall–Kier alpha value is -2.69. The summed E-state index contributed by atoms with van der Waals surface area (Å²) >= 11 is 0. The molecule has 1 amide bonds. The van der Waals surface area contributed by atoms with Crippen molar-refractivity contribution in [3.05, 3.63) is 71.5 Å². The number of fused-ring (bicyclic) bond motifs is 1. The van der Waals surface area contributed by atoms with Crippen LogP contribution in [0, 0.1) is 11.6 Å². The first kappa shape index (κ1) is 14.3. The van der Waals surface area contributed by atoms with Crippen LogP contribution in [-0.4, -0.2) is 17.9 Å². The monoisotopic (exact) mass is 301 g/mol. The molecule has 0 N–H and O–H groups in total. The Kier molecular flexibility index (Phi) is 3.63. The van der Waals surface area contributed by atoms with Gasteiger partial charge in [0.05, 0.1) is 6.54 Å². The minimum absolute atomic E-state index is 0.0949. The molecule has 0 spiro atoms. The fraction of sp³-hybridized carbons (Fsp3) is 0.118. The van der Waals surface area contributed by atoms with Crippen molar-refractivity contribution in [3.63, 3.8) is 0 Å². The molecule has 0 atom stereocenters. The highest BCUT2D eigenvalue weighted by atomic mass is 19.2. The Morgan fingerprint density at radius 3 is 2.59 bits per heavy atom. The molecule has 0 bridgehead atoms. The molecule has 0 unspecified atom stereocenters. The summed E-state index contributed by atoms with van der Waals surface area (Å²) in [6, 6.07) is 12.5. The van der Waals surface area contributed by atoms with Crippen molar-refractivity contribution in [2.24, 2.45) is 0 Å². The van der Waals surface area contributed by atoms with Gasteiger partial charge in [-0.15, -0.1) is 0 Å². The second-order valence-electron chi connectivity index (χ2n) is 5.04. The molecule has 112 valence electrons. The Balaban J connectivity index is 1.79. The van der Waals surface area contributed by atoms with Crippen molar-refractivity contribution in [2.45, 2.75) is 6.54 Å². The van der Waals surface area contributed by atoms with Crippen LogP contribution in [0.3, 0.4) is 0 Å². The van der Waals surface area contributed by atoms with Gasteiger partial charge in [-0.05, 0) is 30.3 Å². The van der Waals surface area contributed by atoms with Gasteiger partial charge in [0.15, 0.2) is 11.6 Å². The lowest BCUT2D eigenvalue weighted by atomic mass is 10.2. The molecular formula is C17H13F2NO2. The fourth-order valence-electron chi connectivity index (χ4n) is 2.27. The molecule has 1 heterocycles. The molecule has 3 rings (SSSR count). The van der Waals surface area contributed by atoms with E-state index in [0.717, 1.165) is 23.1 Å². The van der Waals surface area contributed by atoms with Crippen LogP contribution in [0.4, 0.5) is 8.78 Å². The summed E-state index contributed by atoms with van der Waals surface area (Å²) in [6.45, 7) is 0.243. The molecule has 0 fully saturated rings. The molecule has 5 heteroatoms. The molecule has 3 aromatic rings. The van der Waals surface area contributed by atoms with E-state index in [1.807, 2.05) is 30.3 Å². The number of carbonyl (C=O) groups is 1. The normalized spacial score (nSPS) is 10.9. The molecule has 0 saturated heterocycles. The predicted octanol–water partition coefficient (Wildman–Crippen LogP) is 3.98. The second kappa shape index (κ2) is 5.60. The first-order valence-corrected chi connectivity index (χ1v) is 6.72. The fourth-order valence-corrected chi connectivity index (χ4v) is 2.27. The topological polar surface area (TPSA) is 33.5 Å². The molecule has 3 nitrogen and oxygen atoms in total. The third kappa shape index (κ3) is 2.70. The van der Waals surface area contributed by atoms with Gasteiger partial charge in [0, 0.05) is 18.0 Å². The van der Waals surface area contributed by atoms with Gasteiger partial charge < -0.3 is 9.32 Å². The highest BCUT2D eigenvalue weighted by molar-refractivity contribution is 5.94. The minimum Gasteiger partial charge on any atom is -0.459 e. The lowest BCUT2D eigenvalue weighted by Crippen LogP contribution is -2.26. The van der Waals surface area contributed by atoms with E-state index < -0.39 is 17.5 Å². The number of hydrogen-bond acceptors (Lipinski definition) is 2. The maximum Gasteiger partial charge on any atom is 0.254 e. The van der Waals surface area contributed by atoms with E-state index in [0.29, 0.717) is 5.76 Å². The van der Waals surface area contributed by atoms with Crippen LogP contribution < -0.4 is 0 Å². The van der Waals surface area contributed by atoms with Crippen molar-refractivity contribution < 1.29 is 18.0 Å². The number of hydrogen-bond donors (Lipinski definition) is 0. The summed E-state index contributed by atoms with van der Waals surface area (Å²) in [7, 11) is 1.58. The third-order valence-corrected chi connectivity index (χ3v) is 3.38. The molecule has 22 heavy (non-hydrogen) atoms. The van der Waals surface area contributed by atoms with E-state index in [4.69, 9.17) is 4.42 Å². The van der Waals surface area contributed by atoms with Gasteiger partial charge in [-0.25, -0.2) is 8.78 Å². The number of halogens is 2. The average Bonchev–Trinajstić information content (AvgIpc) is 2.91. The van der Waals surface area contributed by atoms with Crippen LogP contribution in [0.2, 0.25) is 0 Å². The molecular weight excluding hydrogens is 288 g/mol. The maximum atomic E-state index is 13.2. The zero-order chi connectivity index (χ0) is 15.7. The smallest absolute Gasteiger partial charge is 0.254 e. The van der Waals surface area contributed by atoms with Gasteiger partial charge in [-0.1, -0.05) is 18.2 Å². The second-order valence-corrected chi connectivity index (χ2v) is 5.04. The average molecular weight is 301 g/mol. The van der Waals surface area contributed by atoms with Crippen LogP contribution in [0.1, 0.15) is 16.1 Å². The lowest BCUT2D eigenvalue weighted by molar-refractivity contribution is 0.0775. The molecule has 0 aliphatic carbocycles. The number of benzene rings is 2. The van der Waals surface area contributed by atoms with Crippen LogP contribution in [0.25, 0.3) is 11.0 Å². The summed E-state index contributed by atoms with van der Waals surface area (Å²) in [5.74, 6) is -1.79. The first-order valence-electron chi connectivity index (χ1n) is 6.72. The third-order valence-electron chi connectivity index (χ3n) is 3.38. The predicted molar refractivity (Wildman–Crippen MR) is 78.4 cm³/mol. The number of furan rings is 1. The number of nitrogens with zero attached hydrogens (tertiary/aromatic N) is 1. The molecule has 0 aliphatic rings. The van der Waals surface area contributed by atoms with Crippen LogP contribution in [0.15, 0.2) is 52.9 Å². The van der Waals surface area contributed by atoms with E-state index >= 15 is 0 Å². The SMILES string of the molecule is CN(Cc1cc2ccccc2o1)C(=O)c1ccc(F)c(F)c1. The van der Waals surface area contributed by atoms with Crippen molar-refractivity contribution in [2.75, 3.05) is 7.05 Å². The van der Waals surface area contributed by atoms with E-state index in [-0.39, 0.29) is 12.1 Å². The summed E-state index contributed by atoms with van der Waals surface area (Å²) in [4.78, 5) is 13.6. The number of carbonyl (C=O) groups excluding carboxylic acids is 1. The highest BCUT2D eigenvalue weighted by Crippen LogP contribution is 2.20. The standard InChI is InChI=1S/C17H13F2NO2/c1-20(17(21)12-6-7-14(18)15(19)9-12)10-13-8-11-4-2-3-5-16(11)22-13/h2-9H,10H2,1H3. The van der Waals surface area contributed by atoms with Crippen molar-refractivity contribution >= 4 is 16.9 Å². The van der Waals surface area contributed by atoms with E-state index in [2.05, 4.69) is 0 Å². The van der Waals surface area contributed by atoms with Crippen molar-refractivity contribution in [3.8, 4) is 0 Å². The molecule has 2 aromatic carbocycles. The largest absolute Gasteiger partial charge is 0.459 e. The summed E-state index contributed by atoms with van der Waals surface area (Å²) < 4.78 is 31.8. The Morgan fingerprint density at radius 2 is 1.86 bits per heavy atom. The van der Waals surface area contributed by atoms with E-state index in [9.17, 15) is 13.6 Å². The summed E-state index contributed by atoms with van der Waals surface area (Å²) in [6.07, 6.45) is 0. The molecule has 0 radical (unpaired) electrons. The van der Waals surface area contributed by atoms with Crippen LogP contribution >= 0.6 is 0 Å². The van der Waals surface area contributed by atoms with Gasteiger partial charge in [-0.2, -0.15) is 0 Å². The van der Waals surface area contributed by atoms with Crippen molar-refractivity contribution in [1.82, 2.24) is 4.90 Å². The highest BCUT2D eigenvalue weighted by Gasteiger charge is 2.16. The molecule has 0 aliphatic heterocycles. The van der Waals surface area contributed by atoms with Gasteiger partial charge in [-0.3, -0.25) is 4.79 Å². The van der Waals surface area contributed by atoms with Crippen LogP contribution in [-0.2, 0) is 6.54 Å². The minimum atomic E-state index is -1.04. The zero-order valence-corrected chi connectivity index (χ0v) is 11.8. The van der Waals surface area contributed by atoms with Crippen LogP contribution in [0.5, 0.6) is 0 Å². The molecule has 1 aromatic heterocycles.